The second-order valence-electron chi connectivity index (χ2n) is 5.62. The van der Waals surface area contributed by atoms with E-state index in [1.54, 1.807) is 18.2 Å². The quantitative estimate of drug-likeness (QED) is 0.499. The maximum absolute atomic E-state index is 12.3. The van der Waals surface area contributed by atoms with Gasteiger partial charge in [-0.1, -0.05) is 23.7 Å². The van der Waals surface area contributed by atoms with Crippen molar-refractivity contribution in [3.05, 3.63) is 69.4 Å². The molecule has 0 bridgehead atoms. The van der Waals surface area contributed by atoms with Gasteiger partial charge in [0, 0.05) is 5.56 Å². The number of aryl methyl sites for hydroxylation is 1. The lowest BCUT2D eigenvalue weighted by Gasteiger charge is -2.07. The normalized spacial score (nSPS) is 11.0. The van der Waals surface area contributed by atoms with E-state index in [2.05, 4.69) is 10.3 Å². The fourth-order valence-electron chi connectivity index (χ4n) is 2.51. The molecule has 0 fully saturated rings. The fraction of sp³-hybridized carbons (Fsp3) is 0.0526. The lowest BCUT2D eigenvalue weighted by Crippen LogP contribution is -2.10. The monoisotopic (exact) mass is 368 g/mol. The van der Waals surface area contributed by atoms with E-state index in [1.807, 2.05) is 42.6 Å². The van der Waals surface area contributed by atoms with Crippen LogP contribution < -0.4 is 5.32 Å². The van der Waals surface area contributed by atoms with Gasteiger partial charge in [-0.3, -0.25) is 4.79 Å². The van der Waals surface area contributed by atoms with Crippen LogP contribution in [0.5, 0.6) is 0 Å². The van der Waals surface area contributed by atoms with E-state index < -0.39 is 0 Å². The molecule has 0 radical (unpaired) electrons. The summed E-state index contributed by atoms with van der Waals surface area (Å²) in [7, 11) is 0. The summed E-state index contributed by atoms with van der Waals surface area (Å²) >= 11 is 7.60. The number of hydrogen-bond acceptors (Lipinski definition) is 4. The standard InChI is InChI=1S/C19H13ClN2O2S/c1-11-4-7-16-15(9-11)22-19(24-16)12-5-6-13(20)14(10-12)21-18(23)17-3-2-8-25-17/h2-10H,1H3,(H,21,23). The smallest absolute Gasteiger partial charge is 0.265 e. The van der Waals surface area contributed by atoms with Gasteiger partial charge in [0.15, 0.2) is 5.58 Å². The molecule has 6 heteroatoms. The number of fused-ring (bicyclic) bond motifs is 1. The van der Waals surface area contributed by atoms with Crippen molar-refractivity contribution >= 4 is 45.6 Å². The third-order valence-corrected chi connectivity index (χ3v) is 4.95. The van der Waals surface area contributed by atoms with Gasteiger partial charge in [0.1, 0.15) is 5.52 Å². The number of nitrogens with zero attached hydrogens (tertiary/aromatic N) is 1. The molecule has 4 aromatic rings. The zero-order valence-electron chi connectivity index (χ0n) is 13.2. The Bertz CT molecular complexity index is 1070. The first-order valence-electron chi connectivity index (χ1n) is 7.62. The number of thiophene rings is 1. The molecule has 0 aliphatic carbocycles. The number of hydrogen-bond donors (Lipinski definition) is 1. The van der Waals surface area contributed by atoms with Gasteiger partial charge in [-0.2, -0.15) is 0 Å². The molecule has 0 saturated heterocycles. The molecule has 0 saturated carbocycles. The first kappa shape index (κ1) is 15.9. The maximum atomic E-state index is 12.3. The van der Waals surface area contributed by atoms with Gasteiger partial charge in [-0.15, -0.1) is 11.3 Å². The predicted octanol–water partition coefficient (Wildman–Crippen LogP) is 5.77. The highest BCUT2D eigenvalue weighted by atomic mass is 35.5. The van der Waals surface area contributed by atoms with Crippen LogP contribution >= 0.6 is 22.9 Å². The van der Waals surface area contributed by atoms with Crippen LogP contribution in [0.4, 0.5) is 5.69 Å². The SMILES string of the molecule is Cc1ccc2oc(-c3ccc(Cl)c(NC(=O)c4cccs4)c3)nc2c1. The van der Waals surface area contributed by atoms with E-state index in [4.69, 9.17) is 16.0 Å². The van der Waals surface area contributed by atoms with Crippen LogP contribution in [0, 0.1) is 6.92 Å². The number of carbonyl (C=O) groups excluding carboxylic acids is 1. The van der Waals surface area contributed by atoms with Gasteiger partial charge in [-0.25, -0.2) is 4.98 Å². The predicted molar refractivity (Wildman–Crippen MR) is 101 cm³/mol. The largest absolute Gasteiger partial charge is 0.436 e. The van der Waals surface area contributed by atoms with Gasteiger partial charge in [0.2, 0.25) is 5.89 Å². The average Bonchev–Trinajstić information content (AvgIpc) is 3.25. The van der Waals surface area contributed by atoms with Crippen LogP contribution in [0.2, 0.25) is 5.02 Å². The molecular formula is C19H13ClN2O2S. The van der Waals surface area contributed by atoms with Crippen molar-refractivity contribution < 1.29 is 9.21 Å². The molecule has 1 amide bonds. The van der Waals surface area contributed by atoms with Crippen molar-refractivity contribution in [1.82, 2.24) is 4.98 Å². The number of anilines is 1. The minimum Gasteiger partial charge on any atom is -0.436 e. The number of halogens is 1. The Morgan fingerprint density at radius 2 is 2.08 bits per heavy atom. The highest BCUT2D eigenvalue weighted by molar-refractivity contribution is 7.12. The number of aromatic nitrogens is 1. The van der Waals surface area contributed by atoms with Crippen molar-refractivity contribution in [1.29, 1.82) is 0 Å². The number of oxazole rings is 1. The summed E-state index contributed by atoms with van der Waals surface area (Å²) in [6.45, 7) is 2.01. The summed E-state index contributed by atoms with van der Waals surface area (Å²) in [5.41, 5.74) is 3.91. The van der Waals surface area contributed by atoms with Crippen LogP contribution in [-0.4, -0.2) is 10.9 Å². The summed E-state index contributed by atoms with van der Waals surface area (Å²) < 4.78 is 5.82. The third-order valence-electron chi connectivity index (χ3n) is 3.75. The van der Waals surface area contributed by atoms with Crippen LogP contribution in [-0.2, 0) is 0 Å². The Morgan fingerprint density at radius 3 is 2.88 bits per heavy atom. The summed E-state index contributed by atoms with van der Waals surface area (Å²) in [4.78, 5) is 17.4. The number of rotatable bonds is 3. The van der Waals surface area contributed by atoms with Crippen LogP contribution in [0.15, 0.2) is 58.3 Å². The van der Waals surface area contributed by atoms with Gasteiger partial charge in [0.05, 0.1) is 15.6 Å². The van der Waals surface area contributed by atoms with Crippen molar-refractivity contribution in [2.75, 3.05) is 5.32 Å². The number of carbonyl (C=O) groups is 1. The third kappa shape index (κ3) is 3.16. The maximum Gasteiger partial charge on any atom is 0.265 e. The first-order valence-corrected chi connectivity index (χ1v) is 8.88. The molecule has 0 atom stereocenters. The molecule has 25 heavy (non-hydrogen) atoms. The Morgan fingerprint density at radius 1 is 1.20 bits per heavy atom. The summed E-state index contributed by atoms with van der Waals surface area (Å²) in [6.07, 6.45) is 0. The zero-order chi connectivity index (χ0) is 17.4. The number of amides is 1. The van der Waals surface area contributed by atoms with E-state index in [-0.39, 0.29) is 5.91 Å². The fourth-order valence-corrected chi connectivity index (χ4v) is 3.29. The Labute approximate surface area is 153 Å². The van der Waals surface area contributed by atoms with Crippen LogP contribution in [0.1, 0.15) is 15.2 Å². The molecule has 124 valence electrons. The second kappa shape index (κ2) is 6.35. The molecule has 4 nitrogen and oxygen atoms in total. The van der Waals surface area contributed by atoms with Crippen LogP contribution in [0.25, 0.3) is 22.6 Å². The Kier molecular flexibility index (Phi) is 4.03. The summed E-state index contributed by atoms with van der Waals surface area (Å²) in [5, 5.41) is 5.15. The highest BCUT2D eigenvalue weighted by Gasteiger charge is 2.13. The van der Waals surface area contributed by atoms with Crippen molar-refractivity contribution in [2.45, 2.75) is 6.92 Å². The van der Waals surface area contributed by atoms with Gasteiger partial charge in [-0.05, 0) is 54.3 Å². The number of benzene rings is 2. The minimum absolute atomic E-state index is 0.192. The molecular weight excluding hydrogens is 356 g/mol. The molecule has 2 heterocycles. The summed E-state index contributed by atoms with van der Waals surface area (Å²) in [6, 6.07) is 14.8. The lowest BCUT2D eigenvalue weighted by atomic mass is 10.2. The average molecular weight is 369 g/mol. The van der Waals surface area contributed by atoms with E-state index >= 15 is 0 Å². The van der Waals surface area contributed by atoms with Gasteiger partial charge < -0.3 is 9.73 Å². The number of nitrogens with one attached hydrogen (secondary N) is 1. The van der Waals surface area contributed by atoms with Crippen LogP contribution in [0.3, 0.4) is 0 Å². The molecule has 2 aromatic heterocycles. The molecule has 0 aliphatic rings. The van der Waals surface area contributed by atoms with E-state index in [0.29, 0.717) is 21.5 Å². The molecule has 2 aromatic carbocycles. The van der Waals surface area contributed by atoms with E-state index in [0.717, 1.165) is 22.2 Å². The second-order valence-corrected chi connectivity index (χ2v) is 6.97. The van der Waals surface area contributed by atoms with Gasteiger partial charge >= 0.3 is 0 Å². The Balaban J connectivity index is 1.69. The van der Waals surface area contributed by atoms with Crippen molar-refractivity contribution in [3.8, 4) is 11.5 Å². The highest BCUT2D eigenvalue weighted by Crippen LogP contribution is 2.31. The van der Waals surface area contributed by atoms with Crippen molar-refractivity contribution in [2.24, 2.45) is 0 Å². The first-order chi connectivity index (χ1) is 12.1. The molecule has 0 unspecified atom stereocenters. The topological polar surface area (TPSA) is 55.1 Å². The molecule has 0 aliphatic heterocycles. The van der Waals surface area contributed by atoms with Crippen molar-refractivity contribution in [3.63, 3.8) is 0 Å². The lowest BCUT2D eigenvalue weighted by molar-refractivity contribution is 0.103. The molecule has 0 spiro atoms. The minimum atomic E-state index is -0.192. The molecule has 1 N–H and O–H groups in total. The van der Waals surface area contributed by atoms with Gasteiger partial charge in [0.25, 0.3) is 5.91 Å². The molecule has 4 rings (SSSR count). The van der Waals surface area contributed by atoms with E-state index in [9.17, 15) is 4.79 Å². The van der Waals surface area contributed by atoms with E-state index in [1.165, 1.54) is 11.3 Å². The zero-order valence-corrected chi connectivity index (χ0v) is 14.8. The Hall–Kier alpha value is -2.63. The summed E-state index contributed by atoms with van der Waals surface area (Å²) in [5.74, 6) is 0.297.